The second-order valence-electron chi connectivity index (χ2n) is 5.97. The third kappa shape index (κ3) is 2.77. The lowest BCUT2D eigenvalue weighted by Crippen LogP contribution is -2.36. The van der Waals surface area contributed by atoms with Crippen molar-refractivity contribution in [3.63, 3.8) is 0 Å². The fraction of sp³-hybridized carbons (Fsp3) is 0.353. The number of aromatic amines is 1. The molecular formula is C17H19N5O. The average molecular weight is 309 g/mol. The van der Waals surface area contributed by atoms with Crippen molar-refractivity contribution in [2.24, 2.45) is 0 Å². The first-order valence-corrected chi connectivity index (χ1v) is 8.01. The van der Waals surface area contributed by atoms with Crippen LogP contribution in [0.4, 0.5) is 5.82 Å². The first kappa shape index (κ1) is 14.1. The Bertz CT molecular complexity index is 815. The molecule has 6 heteroatoms. The number of aromatic nitrogens is 4. The summed E-state index contributed by atoms with van der Waals surface area (Å²) in [5.41, 5.74) is 3.28. The van der Waals surface area contributed by atoms with Gasteiger partial charge < -0.3 is 15.4 Å². The van der Waals surface area contributed by atoms with E-state index < -0.39 is 0 Å². The molecule has 1 aliphatic carbocycles. The van der Waals surface area contributed by atoms with Gasteiger partial charge in [-0.2, -0.15) is 0 Å². The van der Waals surface area contributed by atoms with Crippen LogP contribution in [0.25, 0.3) is 22.4 Å². The zero-order valence-corrected chi connectivity index (χ0v) is 12.7. The predicted molar refractivity (Wildman–Crippen MR) is 89.0 cm³/mol. The molecule has 118 valence electrons. The molecule has 1 fully saturated rings. The number of anilines is 1. The van der Waals surface area contributed by atoms with Crippen molar-refractivity contribution in [2.75, 3.05) is 5.32 Å². The number of rotatable bonds is 3. The molecule has 0 spiro atoms. The average Bonchev–Trinajstić information content (AvgIpc) is 3.05. The second kappa shape index (κ2) is 5.96. The summed E-state index contributed by atoms with van der Waals surface area (Å²) in [5, 5.41) is 13.6. The van der Waals surface area contributed by atoms with Gasteiger partial charge >= 0.3 is 0 Å². The third-order valence-corrected chi connectivity index (χ3v) is 4.40. The SMILES string of the molecule is O[C@@H]1CCCC[C@H]1Nc1ncccc1-c1cnc2[nH]ccc2n1. The molecule has 2 atom stereocenters. The van der Waals surface area contributed by atoms with E-state index in [1.54, 1.807) is 12.4 Å². The highest BCUT2D eigenvalue weighted by atomic mass is 16.3. The first-order valence-electron chi connectivity index (χ1n) is 8.01. The highest BCUT2D eigenvalue weighted by Gasteiger charge is 2.24. The Morgan fingerprint density at radius 3 is 3.00 bits per heavy atom. The van der Waals surface area contributed by atoms with Crippen LogP contribution in [0.15, 0.2) is 36.8 Å². The summed E-state index contributed by atoms with van der Waals surface area (Å²) in [4.78, 5) is 16.5. The van der Waals surface area contributed by atoms with Crippen LogP contribution in [0.2, 0.25) is 0 Å². The van der Waals surface area contributed by atoms with Gasteiger partial charge in [-0.1, -0.05) is 12.8 Å². The molecule has 0 bridgehead atoms. The number of nitrogens with zero attached hydrogens (tertiary/aromatic N) is 3. The number of nitrogens with one attached hydrogen (secondary N) is 2. The van der Waals surface area contributed by atoms with Crippen molar-refractivity contribution in [3.05, 3.63) is 36.8 Å². The van der Waals surface area contributed by atoms with Crippen LogP contribution in [-0.4, -0.2) is 37.2 Å². The summed E-state index contributed by atoms with van der Waals surface area (Å²) in [6.07, 6.45) is 9.03. The Morgan fingerprint density at radius 2 is 2.09 bits per heavy atom. The van der Waals surface area contributed by atoms with E-state index in [1.807, 2.05) is 24.4 Å². The normalized spacial score (nSPS) is 21.4. The maximum atomic E-state index is 10.2. The molecule has 3 heterocycles. The summed E-state index contributed by atoms with van der Waals surface area (Å²) in [6, 6.07) is 5.81. The standard InChI is InChI=1S/C17H19N5O/c23-15-6-2-1-5-12(15)22-16-11(4-3-8-18-16)14-10-20-17-13(21-14)7-9-19-17/h3-4,7-10,12,15,23H,1-2,5-6H2,(H,18,22)(H,19,20)/t12-,15-/m1/s1. The van der Waals surface area contributed by atoms with Crippen LogP contribution in [-0.2, 0) is 0 Å². The lowest BCUT2D eigenvalue weighted by molar-refractivity contribution is 0.116. The lowest BCUT2D eigenvalue weighted by atomic mass is 9.92. The summed E-state index contributed by atoms with van der Waals surface area (Å²) in [6.45, 7) is 0. The van der Waals surface area contributed by atoms with Gasteiger partial charge in [-0.05, 0) is 31.0 Å². The summed E-state index contributed by atoms with van der Waals surface area (Å²) in [7, 11) is 0. The van der Waals surface area contributed by atoms with Gasteiger partial charge in [-0.3, -0.25) is 0 Å². The van der Waals surface area contributed by atoms with E-state index >= 15 is 0 Å². The van der Waals surface area contributed by atoms with Gasteiger partial charge in [0.1, 0.15) is 11.3 Å². The number of aliphatic hydroxyl groups is 1. The molecule has 0 aliphatic heterocycles. The van der Waals surface area contributed by atoms with Crippen molar-refractivity contribution >= 4 is 17.0 Å². The van der Waals surface area contributed by atoms with Crippen LogP contribution in [0, 0.1) is 0 Å². The Hall–Kier alpha value is -2.47. The fourth-order valence-corrected chi connectivity index (χ4v) is 3.14. The van der Waals surface area contributed by atoms with Crippen LogP contribution in [0.1, 0.15) is 25.7 Å². The number of hydrogen-bond donors (Lipinski definition) is 3. The molecule has 0 unspecified atom stereocenters. The van der Waals surface area contributed by atoms with E-state index in [1.165, 1.54) is 0 Å². The van der Waals surface area contributed by atoms with Gasteiger partial charge in [0.25, 0.3) is 0 Å². The Morgan fingerprint density at radius 1 is 1.17 bits per heavy atom. The van der Waals surface area contributed by atoms with E-state index in [4.69, 9.17) is 0 Å². The van der Waals surface area contributed by atoms with Crippen molar-refractivity contribution < 1.29 is 5.11 Å². The van der Waals surface area contributed by atoms with Gasteiger partial charge in [-0.15, -0.1) is 0 Å². The maximum absolute atomic E-state index is 10.2. The number of fused-ring (bicyclic) bond motifs is 1. The quantitative estimate of drug-likeness (QED) is 0.692. The van der Waals surface area contributed by atoms with Crippen LogP contribution in [0.5, 0.6) is 0 Å². The highest BCUT2D eigenvalue weighted by molar-refractivity contribution is 5.78. The molecule has 0 amide bonds. The van der Waals surface area contributed by atoms with Crippen molar-refractivity contribution in [3.8, 4) is 11.3 Å². The molecule has 6 nitrogen and oxygen atoms in total. The minimum absolute atomic E-state index is 0.0429. The van der Waals surface area contributed by atoms with Crippen molar-refractivity contribution in [2.45, 2.75) is 37.8 Å². The van der Waals surface area contributed by atoms with E-state index in [2.05, 4.69) is 25.3 Å². The van der Waals surface area contributed by atoms with E-state index in [-0.39, 0.29) is 12.1 Å². The van der Waals surface area contributed by atoms with Crippen LogP contribution >= 0.6 is 0 Å². The minimum Gasteiger partial charge on any atom is -0.391 e. The summed E-state index contributed by atoms with van der Waals surface area (Å²) in [5.74, 6) is 0.752. The molecule has 3 aromatic rings. The number of H-pyrrole nitrogens is 1. The molecule has 3 aromatic heterocycles. The van der Waals surface area contributed by atoms with Crippen molar-refractivity contribution in [1.82, 2.24) is 19.9 Å². The zero-order chi connectivity index (χ0) is 15.6. The molecule has 0 saturated heterocycles. The smallest absolute Gasteiger partial charge is 0.156 e. The number of pyridine rings is 1. The van der Waals surface area contributed by atoms with Gasteiger partial charge in [0, 0.05) is 18.0 Å². The van der Waals surface area contributed by atoms with Crippen LogP contribution < -0.4 is 5.32 Å². The second-order valence-corrected chi connectivity index (χ2v) is 5.97. The Kier molecular flexibility index (Phi) is 3.67. The maximum Gasteiger partial charge on any atom is 0.156 e. The molecule has 0 aromatic carbocycles. The van der Waals surface area contributed by atoms with Gasteiger partial charge in [0.15, 0.2) is 5.65 Å². The Labute approximate surface area is 134 Å². The number of aliphatic hydroxyl groups excluding tert-OH is 1. The molecule has 3 N–H and O–H groups in total. The zero-order valence-electron chi connectivity index (χ0n) is 12.7. The minimum atomic E-state index is -0.322. The van der Waals surface area contributed by atoms with Crippen molar-refractivity contribution in [1.29, 1.82) is 0 Å². The molecule has 23 heavy (non-hydrogen) atoms. The fourth-order valence-electron chi connectivity index (χ4n) is 3.14. The monoisotopic (exact) mass is 309 g/mol. The molecule has 0 radical (unpaired) electrons. The third-order valence-electron chi connectivity index (χ3n) is 4.40. The van der Waals surface area contributed by atoms with Gasteiger partial charge in [-0.25, -0.2) is 15.0 Å². The molecule has 4 rings (SSSR count). The predicted octanol–water partition coefficient (Wildman–Crippen LogP) is 2.74. The van der Waals surface area contributed by atoms with E-state index in [9.17, 15) is 5.11 Å². The van der Waals surface area contributed by atoms with Crippen LogP contribution in [0.3, 0.4) is 0 Å². The largest absolute Gasteiger partial charge is 0.391 e. The van der Waals surface area contributed by atoms with E-state index in [0.29, 0.717) is 0 Å². The van der Waals surface area contributed by atoms with Gasteiger partial charge in [0.2, 0.25) is 0 Å². The summed E-state index contributed by atoms with van der Waals surface area (Å²) >= 11 is 0. The topological polar surface area (TPSA) is 86.7 Å². The molecule has 1 aliphatic rings. The molecular weight excluding hydrogens is 290 g/mol. The summed E-state index contributed by atoms with van der Waals surface area (Å²) < 4.78 is 0. The highest BCUT2D eigenvalue weighted by Crippen LogP contribution is 2.28. The lowest BCUT2D eigenvalue weighted by Gasteiger charge is -2.29. The Balaban J connectivity index is 1.68. The first-order chi connectivity index (χ1) is 11.3. The molecule has 1 saturated carbocycles. The van der Waals surface area contributed by atoms with E-state index in [0.717, 1.165) is 53.9 Å². The van der Waals surface area contributed by atoms with Gasteiger partial charge in [0.05, 0.1) is 24.0 Å². The number of hydrogen-bond acceptors (Lipinski definition) is 5.